The number of ether oxygens (including phenoxy) is 1. The number of hydrogen-bond donors (Lipinski definition) is 3. The highest BCUT2D eigenvalue weighted by Gasteiger charge is 2.08. The highest BCUT2D eigenvalue weighted by molar-refractivity contribution is 5.97. The molecule has 0 spiro atoms. The number of hydrazone groups is 1. The lowest BCUT2D eigenvalue weighted by Crippen LogP contribution is -2.23. The molecule has 29 heavy (non-hydrogen) atoms. The quantitative estimate of drug-likeness (QED) is 0.210. The molecule has 0 aliphatic heterocycles. The second-order valence-corrected chi connectivity index (χ2v) is 6.53. The maximum absolute atomic E-state index is 13.5. The van der Waals surface area contributed by atoms with Gasteiger partial charge in [-0.25, -0.2) is 20.8 Å². The first kappa shape index (κ1) is 18.5. The van der Waals surface area contributed by atoms with Crippen LogP contribution in [0.4, 0.5) is 4.39 Å². The SMILES string of the molecule is Cc1cc(F)cc(Oc2ccc(-c3cn4cc(/C(N)=N/NN)ccc4n3)cc2)c1. The summed E-state index contributed by atoms with van der Waals surface area (Å²) in [6.45, 7) is 1.82. The van der Waals surface area contributed by atoms with Gasteiger partial charge in [-0.15, -0.1) is 5.10 Å². The normalized spacial score (nSPS) is 11.6. The Morgan fingerprint density at radius 2 is 1.86 bits per heavy atom. The van der Waals surface area contributed by atoms with Crippen molar-refractivity contribution in [2.75, 3.05) is 0 Å². The predicted octanol–water partition coefficient (Wildman–Crippen LogP) is 3.32. The number of nitrogens with two attached hydrogens (primary N) is 2. The Morgan fingerprint density at radius 3 is 2.59 bits per heavy atom. The van der Waals surface area contributed by atoms with Crippen LogP contribution in [0.2, 0.25) is 0 Å². The third-order valence-electron chi connectivity index (χ3n) is 4.33. The molecule has 7 nitrogen and oxygen atoms in total. The summed E-state index contributed by atoms with van der Waals surface area (Å²) in [7, 11) is 0. The number of halogens is 1. The molecular weight excluding hydrogens is 371 g/mol. The van der Waals surface area contributed by atoms with E-state index in [0.717, 1.165) is 22.5 Å². The van der Waals surface area contributed by atoms with Crippen molar-refractivity contribution < 1.29 is 9.13 Å². The lowest BCUT2D eigenvalue weighted by Gasteiger charge is -2.07. The zero-order valence-electron chi connectivity index (χ0n) is 15.6. The highest BCUT2D eigenvalue weighted by Crippen LogP contribution is 2.27. The molecule has 0 aliphatic rings. The van der Waals surface area contributed by atoms with Crippen LogP contribution < -0.4 is 21.8 Å². The van der Waals surface area contributed by atoms with E-state index in [9.17, 15) is 4.39 Å². The summed E-state index contributed by atoms with van der Waals surface area (Å²) >= 11 is 0. The van der Waals surface area contributed by atoms with E-state index in [1.54, 1.807) is 6.07 Å². The Labute approximate surface area is 166 Å². The van der Waals surface area contributed by atoms with Gasteiger partial charge < -0.3 is 14.9 Å². The third kappa shape index (κ3) is 4.02. The van der Waals surface area contributed by atoms with E-state index in [2.05, 4.69) is 15.6 Å². The maximum atomic E-state index is 13.5. The van der Waals surface area contributed by atoms with Gasteiger partial charge >= 0.3 is 0 Å². The molecule has 0 amide bonds. The largest absolute Gasteiger partial charge is 0.457 e. The number of hydrogen-bond acceptors (Lipinski definition) is 5. The second-order valence-electron chi connectivity index (χ2n) is 6.53. The lowest BCUT2D eigenvalue weighted by molar-refractivity contribution is 0.476. The number of benzene rings is 2. The molecule has 0 unspecified atom stereocenters. The molecule has 4 rings (SSSR count). The summed E-state index contributed by atoms with van der Waals surface area (Å²) in [6.07, 6.45) is 3.72. The van der Waals surface area contributed by atoms with Gasteiger partial charge in [0.2, 0.25) is 0 Å². The molecule has 2 aromatic carbocycles. The smallest absolute Gasteiger partial charge is 0.153 e. The summed E-state index contributed by atoms with van der Waals surface area (Å²) in [6, 6.07) is 15.7. The van der Waals surface area contributed by atoms with Crippen molar-refractivity contribution in [2.45, 2.75) is 6.92 Å². The van der Waals surface area contributed by atoms with Gasteiger partial charge in [0.1, 0.15) is 23.0 Å². The Balaban J connectivity index is 1.58. The number of aromatic nitrogens is 2. The number of hydrazine groups is 1. The number of amidine groups is 1. The first-order valence-corrected chi connectivity index (χ1v) is 8.85. The number of rotatable bonds is 5. The number of nitrogens with one attached hydrogen (secondary N) is 1. The van der Waals surface area contributed by atoms with Gasteiger partial charge in [0.15, 0.2) is 5.84 Å². The van der Waals surface area contributed by atoms with Crippen LogP contribution in [0, 0.1) is 12.7 Å². The third-order valence-corrected chi connectivity index (χ3v) is 4.33. The number of pyridine rings is 1. The molecule has 0 saturated carbocycles. The van der Waals surface area contributed by atoms with Crippen LogP contribution in [-0.4, -0.2) is 15.2 Å². The molecule has 0 atom stereocenters. The molecule has 0 radical (unpaired) electrons. The second kappa shape index (κ2) is 7.61. The highest BCUT2D eigenvalue weighted by atomic mass is 19.1. The molecule has 0 bridgehead atoms. The zero-order chi connectivity index (χ0) is 20.4. The Kier molecular flexibility index (Phi) is 4.84. The monoisotopic (exact) mass is 390 g/mol. The van der Waals surface area contributed by atoms with Gasteiger partial charge in [-0.3, -0.25) is 0 Å². The predicted molar refractivity (Wildman–Crippen MR) is 110 cm³/mol. The van der Waals surface area contributed by atoms with Crippen LogP contribution in [0.25, 0.3) is 16.9 Å². The Bertz CT molecular complexity index is 1180. The van der Waals surface area contributed by atoms with Gasteiger partial charge in [0.05, 0.1) is 5.69 Å². The minimum atomic E-state index is -0.325. The van der Waals surface area contributed by atoms with Crippen molar-refractivity contribution >= 4 is 11.5 Å². The minimum absolute atomic E-state index is 0.277. The lowest BCUT2D eigenvalue weighted by atomic mass is 10.1. The fourth-order valence-corrected chi connectivity index (χ4v) is 3.01. The van der Waals surface area contributed by atoms with Crippen LogP contribution in [0.3, 0.4) is 0 Å². The van der Waals surface area contributed by atoms with Gasteiger partial charge in [-0.2, -0.15) is 0 Å². The molecule has 8 heteroatoms. The average Bonchev–Trinajstić information content (AvgIpc) is 3.11. The first-order valence-electron chi connectivity index (χ1n) is 8.85. The van der Waals surface area contributed by atoms with Crippen molar-refractivity contribution in [3.63, 3.8) is 0 Å². The van der Waals surface area contributed by atoms with E-state index in [1.165, 1.54) is 12.1 Å². The van der Waals surface area contributed by atoms with Crippen LogP contribution in [0.1, 0.15) is 11.1 Å². The van der Waals surface area contributed by atoms with Crippen molar-refractivity contribution in [1.29, 1.82) is 0 Å². The minimum Gasteiger partial charge on any atom is -0.457 e. The summed E-state index contributed by atoms with van der Waals surface area (Å²) in [5, 5.41) is 3.77. The van der Waals surface area contributed by atoms with Crippen LogP contribution >= 0.6 is 0 Å². The molecule has 5 N–H and O–H groups in total. The summed E-state index contributed by atoms with van der Waals surface area (Å²) < 4.78 is 21.1. The van der Waals surface area contributed by atoms with E-state index >= 15 is 0 Å². The van der Waals surface area contributed by atoms with Gasteiger partial charge in [0, 0.05) is 29.6 Å². The van der Waals surface area contributed by atoms with E-state index in [4.69, 9.17) is 16.3 Å². The topological polar surface area (TPSA) is 103 Å². The zero-order valence-corrected chi connectivity index (χ0v) is 15.6. The van der Waals surface area contributed by atoms with Crippen molar-refractivity contribution in [3.05, 3.63) is 83.9 Å². The summed E-state index contributed by atoms with van der Waals surface area (Å²) in [4.78, 5) is 4.62. The van der Waals surface area contributed by atoms with Gasteiger partial charge in [-0.1, -0.05) is 0 Å². The van der Waals surface area contributed by atoms with Crippen LogP contribution in [0.5, 0.6) is 11.5 Å². The van der Waals surface area contributed by atoms with Crippen LogP contribution in [0.15, 0.2) is 72.1 Å². The van der Waals surface area contributed by atoms with E-state index in [0.29, 0.717) is 17.1 Å². The van der Waals surface area contributed by atoms with E-state index in [1.807, 2.05) is 60.1 Å². The van der Waals surface area contributed by atoms with Crippen LogP contribution in [-0.2, 0) is 0 Å². The maximum Gasteiger partial charge on any atom is 0.153 e. The number of imidazole rings is 1. The first-order chi connectivity index (χ1) is 14.0. The standard InChI is InChI=1S/C21H19FN6O/c1-13-8-16(22)10-18(9-13)29-17-5-2-14(3-6-17)19-12-28-11-15(21(23)26-27-24)4-7-20(28)25-19/h2-12,27H,24H2,1H3,(H2,23,26). The number of aryl methyl sites for hydroxylation is 1. The van der Waals surface area contributed by atoms with Gasteiger partial charge in [-0.05, 0) is 61.0 Å². The molecule has 2 aromatic heterocycles. The van der Waals surface area contributed by atoms with Gasteiger partial charge in [0.25, 0.3) is 0 Å². The molecule has 0 saturated heterocycles. The van der Waals surface area contributed by atoms with Crippen molar-refractivity contribution in [3.8, 4) is 22.8 Å². The van der Waals surface area contributed by atoms with Crippen molar-refractivity contribution in [1.82, 2.24) is 14.9 Å². The van der Waals surface area contributed by atoms with Crippen molar-refractivity contribution in [2.24, 2.45) is 16.7 Å². The molecule has 0 aliphatic carbocycles. The molecule has 146 valence electrons. The fraction of sp³-hybridized carbons (Fsp3) is 0.0476. The number of nitrogens with zero attached hydrogens (tertiary/aromatic N) is 3. The summed E-state index contributed by atoms with van der Waals surface area (Å²) in [5.74, 6) is 6.19. The molecule has 0 fully saturated rings. The van der Waals surface area contributed by atoms with E-state index in [-0.39, 0.29) is 11.7 Å². The molecule has 4 aromatic rings. The Hall–Kier alpha value is -3.91. The molecular formula is C21H19FN6O. The van der Waals surface area contributed by atoms with E-state index < -0.39 is 0 Å². The fourth-order valence-electron chi connectivity index (χ4n) is 3.01. The average molecular weight is 390 g/mol. The summed E-state index contributed by atoms with van der Waals surface area (Å²) in [5.41, 5.74) is 12.0. The number of fused-ring (bicyclic) bond motifs is 1. The Morgan fingerprint density at radius 1 is 1.07 bits per heavy atom. The molecule has 2 heterocycles.